The fraction of sp³-hybridized carbons (Fsp3) is 0.348. The minimum Gasteiger partial charge on any atom is -0.388 e. The van der Waals surface area contributed by atoms with Crippen LogP contribution in [-0.2, 0) is 0 Å². The molecule has 6 nitrogen and oxygen atoms in total. The highest BCUT2D eigenvalue weighted by Crippen LogP contribution is 2.32. The van der Waals surface area contributed by atoms with Gasteiger partial charge in [0.15, 0.2) is 5.78 Å². The number of Topliss-reactive ketones (excluding diaryl/α,β-unsaturated/α-hetero) is 1. The van der Waals surface area contributed by atoms with Crippen molar-refractivity contribution in [2.45, 2.75) is 126 Å². The smallest absolute Gasteiger partial charge is 0.164 e. The first-order chi connectivity index (χ1) is 35.2. The Kier molecular flexibility index (Phi) is 21.6. The summed E-state index contributed by atoms with van der Waals surface area (Å²) in [5.41, 5.74) is 6.59. The predicted octanol–water partition coefficient (Wildman–Crippen LogP) is 14.2. The number of likely N-dealkylation sites (N-methyl/N-ethyl adjacent to an activating group) is 3. The second-order valence-corrected chi connectivity index (χ2v) is 20.1. The number of likely N-dealkylation sites (tertiary alicyclic amines) is 3. The maximum atomic E-state index is 12.5. The first-order valence-corrected chi connectivity index (χ1v) is 26.6. The minimum absolute atomic E-state index is 0.250. The van der Waals surface area contributed by atoms with E-state index in [4.69, 9.17) is 0 Å². The van der Waals surface area contributed by atoms with Crippen LogP contribution in [0.3, 0.4) is 0 Å². The molecule has 376 valence electrons. The van der Waals surface area contributed by atoms with Crippen molar-refractivity contribution in [1.29, 1.82) is 0 Å². The normalized spacial score (nSPS) is 22.9. The Labute approximate surface area is 432 Å². The van der Waals surface area contributed by atoms with Gasteiger partial charge in [-0.05, 0) is 100 Å². The molecule has 3 aliphatic rings. The number of aliphatic hydroxyl groups excluding tert-OH is 2. The van der Waals surface area contributed by atoms with E-state index in [1.807, 2.05) is 109 Å². The van der Waals surface area contributed by atoms with E-state index < -0.39 is 0 Å². The molecule has 8 atom stereocenters. The van der Waals surface area contributed by atoms with Crippen molar-refractivity contribution in [2.75, 3.05) is 21.1 Å². The van der Waals surface area contributed by atoms with Crippen LogP contribution in [0.4, 0.5) is 0 Å². The van der Waals surface area contributed by atoms with E-state index >= 15 is 0 Å². The highest BCUT2D eigenvalue weighted by Gasteiger charge is 2.30. The Bertz CT molecular complexity index is 2400. The first kappa shape index (κ1) is 53.8. The van der Waals surface area contributed by atoms with Crippen LogP contribution in [0.25, 0.3) is 18.2 Å². The number of ketones is 1. The van der Waals surface area contributed by atoms with Crippen molar-refractivity contribution in [1.82, 2.24) is 14.7 Å². The Morgan fingerprint density at radius 1 is 0.431 bits per heavy atom. The Morgan fingerprint density at radius 2 is 0.722 bits per heavy atom. The van der Waals surface area contributed by atoms with Gasteiger partial charge >= 0.3 is 0 Å². The van der Waals surface area contributed by atoms with Gasteiger partial charge in [0.05, 0.1) is 12.2 Å². The molecule has 3 aliphatic heterocycles. The van der Waals surface area contributed by atoms with Crippen molar-refractivity contribution >= 4 is 24.0 Å². The second-order valence-electron chi connectivity index (χ2n) is 20.1. The summed E-state index contributed by atoms with van der Waals surface area (Å²) in [6.45, 7) is 0. The predicted molar refractivity (Wildman–Crippen MR) is 301 cm³/mol. The molecule has 0 amide bonds. The number of piperidine rings is 3. The van der Waals surface area contributed by atoms with E-state index in [9.17, 15) is 15.0 Å². The average molecular weight is 962 g/mol. The maximum Gasteiger partial charge on any atom is 0.164 e. The number of nitrogens with zero attached hydrogens (tertiary/aromatic N) is 3. The zero-order valence-electron chi connectivity index (χ0n) is 43.0. The van der Waals surface area contributed by atoms with E-state index in [1.54, 1.807) is 0 Å². The summed E-state index contributed by atoms with van der Waals surface area (Å²) >= 11 is 0. The number of hydrogen-bond donors (Lipinski definition) is 2. The van der Waals surface area contributed by atoms with Crippen LogP contribution in [0.15, 0.2) is 200 Å². The molecule has 0 unspecified atom stereocenters. The van der Waals surface area contributed by atoms with Gasteiger partial charge in [0.1, 0.15) is 0 Å². The molecule has 3 heterocycles. The first-order valence-electron chi connectivity index (χ1n) is 26.6. The van der Waals surface area contributed by atoms with Crippen molar-refractivity contribution < 1.29 is 15.0 Å². The van der Waals surface area contributed by atoms with Crippen LogP contribution >= 0.6 is 0 Å². The number of aliphatic hydroxyl groups is 2. The monoisotopic (exact) mass is 962 g/mol. The van der Waals surface area contributed by atoms with E-state index in [0.29, 0.717) is 42.7 Å². The Balaban J connectivity index is 0.000000158. The van der Waals surface area contributed by atoms with Crippen LogP contribution in [0.2, 0.25) is 0 Å². The SMILES string of the molecule is CN1[C@@H](CC(=O)c2ccccc2)CCC[C@H]1/C=C/c1ccccc1.CN1[C@@H](C[C@@H](O)c2ccccc2)CCC[C@H]1/C=C/c1ccccc1.CN1[C@@H](C[C@H](O)c2ccccc2)CCC[C@H]1/C=C/c1ccccc1. The molecule has 0 spiro atoms. The Hall–Kier alpha value is -5.99. The van der Waals surface area contributed by atoms with Gasteiger partial charge in [-0.1, -0.05) is 238 Å². The van der Waals surface area contributed by atoms with E-state index in [0.717, 1.165) is 55.2 Å². The van der Waals surface area contributed by atoms with Crippen LogP contribution in [0, 0.1) is 0 Å². The highest BCUT2D eigenvalue weighted by molar-refractivity contribution is 5.96. The van der Waals surface area contributed by atoms with E-state index in [-0.39, 0.29) is 18.0 Å². The van der Waals surface area contributed by atoms with E-state index in [1.165, 1.54) is 48.8 Å². The molecule has 0 aliphatic carbocycles. The lowest BCUT2D eigenvalue weighted by atomic mass is 9.90. The fourth-order valence-corrected chi connectivity index (χ4v) is 10.7. The lowest BCUT2D eigenvalue weighted by Gasteiger charge is -2.39. The third-order valence-electron chi connectivity index (χ3n) is 15.2. The summed E-state index contributed by atoms with van der Waals surface area (Å²) in [6.07, 6.45) is 25.6. The van der Waals surface area contributed by atoms with Gasteiger partial charge in [0.2, 0.25) is 0 Å². The fourth-order valence-electron chi connectivity index (χ4n) is 10.7. The van der Waals surface area contributed by atoms with Crippen molar-refractivity contribution in [3.63, 3.8) is 0 Å². The van der Waals surface area contributed by atoms with Gasteiger partial charge in [-0.2, -0.15) is 0 Å². The zero-order valence-corrected chi connectivity index (χ0v) is 43.0. The van der Waals surface area contributed by atoms with Gasteiger partial charge in [-0.25, -0.2) is 0 Å². The summed E-state index contributed by atoms with van der Waals surface area (Å²) in [5.74, 6) is 0.250. The number of carbonyl (C=O) groups is 1. The number of hydrogen-bond acceptors (Lipinski definition) is 6. The molecule has 0 saturated carbocycles. The Morgan fingerprint density at radius 3 is 1.07 bits per heavy atom. The molecule has 3 saturated heterocycles. The van der Waals surface area contributed by atoms with Crippen LogP contribution < -0.4 is 0 Å². The molecular weight excluding hydrogens is 883 g/mol. The number of carbonyl (C=O) groups excluding carboxylic acids is 1. The number of rotatable bonds is 15. The molecule has 6 aromatic carbocycles. The molecule has 0 aromatic heterocycles. The third kappa shape index (κ3) is 16.8. The molecule has 9 rings (SSSR count). The summed E-state index contributed by atoms with van der Waals surface area (Å²) in [4.78, 5) is 19.8. The van der Waals surface area contributed by atoms with Gasteiger partial charge in [0.25, 0.3) is 0 Å². The van der Waals surface area contributed by atoms with Crippen molar-refractivity contribution in [2.24, 2.45) is 0 Å². The maximum absolute atomic E-state index is 12.5. The van der Waals surface area contributed by atoms with Crippen LogP contribution in [0.1, 0.15) is 127 Å². The van der Waals surface area contributed by atoms with E-state index in [2.05, 4.69) is 145 Å². The molecule has 3 fully saturated rings. The largest absolute Gasteiger partial charge is 0.388 e. The van der Waals surface area contributed by atoms with Crippen LogP contribution in [-0.4, -0.2) is 88.1 Å². The lowest BCUT2D eigenvalue weighted by Crippen LogP contribution is -2.43. The zero-order chi connectivity index (χ0) is 50.3. The molecule has 6 aromatic rings. The number of benzene rings is 6. The lowest BCUT2D eigenvalue weighted by molar-refractivity contribution is 0.0760. The molecule has 0 radical (unpaired) electrons. The van der Waals surface area contributed by atoms with Gasteiger partial charge in [-0.15, -0.1) is 0 Å². The van der Waals surface area contributed by atoms with Gasteiger partial charge in [-0.3, -0.25) is 19.5 Å². The standard InChI is InChI=1S/2C22H27NO.C22H25NO/c3*1-23-20(16-15-18-9-4-2-5-10-18)13-8-14-21(23)17-22(24)19-11-6-3-7-12-19/h2*2-7,9-12,15-16,20-22,24H,8,13-14,17H2,1H3;2-7,9-12,15-16,20-21H,8,13-14,17H2,1H3/b3*16-15+/t20-,21+,22+;20-,21+,22-;20-,21+/m000/s1. The molecule has 72 heavy (non-hydrogen) atoms. The average Bonchev–Trinajstić information content (AvgIpc) is 3.43. The van der Waals surface area contributed by atoms with Gasteiger partial charge < -0.3 is 10.2 Å². The van der Waals surface area contributed by atoms with Crippen LogP contribution in [0.5, 0.6) is 0 Å². The minimum atomic E-state index is -0.379. The topological polar surface area (TPSA) is 67.2 Å². The van der Waals surface area contributed by atoms with Crippen molar-refractivity contribution in [3.8, 4) is 0 Å². The van der Waals surface area contributed by atoms with Gasteiger partial charge in [0, 0.05) is 48.2 Å². The summed E-state index contributed by atoms with van der Waals surface area (Å²) in [7, 11) is 6.55. The molecule has 6 heteroatoms. The second kappa shape index (κ2) is 28.9. The third-order valence-corrected chi connectivity index (χ3v) is 15.2. The summed E-state index contributed by atoms with van der Waals surface area (Å²) in [5, 5.41) is 21.1. The van der Waals surface area contributed by atoms with Crippen molar-refractivity contribution in [3.05, 3.63) is 234 Å². The molecular formula is C66H79N3O3. The molecule has 0 bridgehead atoms. The quantitative estimate of drug-likeness (QED) is 0.1000. The summed E-state index contributed by atoms with van der Waals surface area (Å²) in [6, 6.07) is 63.5. The highest BCUT2D eigenvalue weighted by atomic mass is 16.3. The molecule has 2 N–H and O–H groups in total. The summed E-state index contributed by atoms with van der Waals surface area (Å²) < 4.78 is 0.